The molecule has 3 rings (SSSR count). The molecule has 1 amide bonds. The summed E-state index contributed by atoms with van der Waals surface area (Å²) in [5, 5.41) is 2.66. The molecule has 1 heterocycles. The van der Waals surface area contributed by atoms with E-state index in [1.54, 1.807) is 25.1 Å². The number of alkyl halides is 2. The number of amides is 1. The number of nitrogens with one attached hydrogen (secondary N) is 1. The van der Waals surface area contributed by atoms with Crippen molar-refractivity contribution in [1.29, 1.82) is 0 Å². The highest BCUT2D eigenvalue weighted by molar-refractivity contribution is 7.91. The fourth-order valence-electron chi connectivity index (χ4n) is 2.65. The zero-order chi connectivity index (χ0) is 21.9. The van der Waals surface area contributed by atoms with Gasteiger partial charge < -0.3 is 19.5 Å². The Bertz CT molecular complexity index is 1060. The first kappa shape index (κ1) is 21.5. The monoisotopic (exact) mass is 441 g/mol. The maximum Gasteiger partial charge on any atom is 0.341 e. The molecule has 1 aliphatic heterocycles. The summed E-state index contributed by atoms with van der Waals surface area (Å²) in [5.74, 6) is -3.85. The van der Waals surface area contributed by atoms with Crippen molar-refractivity contribution in [2.24, 2.45) is 0 Å². The van der Waals surface area contributed by atoms with Gasteiger partial charge in [-0.1, -0.05) is 6.07 Å². The van der Waals surface area contributed by atoms with E-state index in [0.717, 1.165) is 29.8 Å². The number of carbonyl (C=O) groups is 2. The zero-order valence-electron chi connectivity index (χ0n) is 15.6. The summed E-state index contributed by atoms with van der Waals surface area (Å²) < 4.78 is 63.2. The Morgan fingerprint density at radius 3 is 2.43 bits per heavy atom. The Morgan fingerprint density at radius 1 is 1.10 bits per heavy atom. The smallest absolute Gasteiger partial charge is 0.341 e. The van der Waals surface area contributed by atoms with E-state index in [1.807, 2.05) is 0 Å². The Balaban J connectivity index is 1.53. The Hall–Kier alpha value is -3.21. The Morgan fingerprint density at radius 2 is 1.77 bits per heavy atom. The van der Waals surface area contributed by atoms with Crippen LogP contribution >= 0.6 is 0 Å². The van der Waals surface area contributed by atoms with Gasteiger partial charge in [-0.15, -0.1) is 0 Å². The van der Waals surface area contributed by atoms with E-state index < -0.39 is 45.0 Å². The van der Waals surface area contributed by atoms with Crippen LogP contribution in [0.1, 0.15) is 28.9 Å². The second kappa shape index (κ2) is 8.66. The molecule has 1 atom stereocenters. The van der Waals surface area contributed by atoms with Crippen LogP contribution in [0.3, 0.4) is 0 Å². The summed E-state index contributed by atoms with van der Waals surface area (Å²) in [5.41, 5.74) is 0.676. The molecule has 0 bridgehead atoms. The van der Waals surface area contributed by atoms with Gasteiger partial charge in [0.15, 0.2) is 18.1 Å². The molecular formula is C19H17F2NO7S. The number of benzene rings is 2. The second-order valence-corrected chi connectivity index (χ2v) is 8.23. The number of esters is 1. The molecule has 11 heteroatoms. The van der Waals surface area contributed by atoms with Crippen molar-refractivity contribution < 1.29 is 41.0 Å². The molecule has 0 saturated carbocycles. The molecule has 0 saturated heterocycles. The Labute approximate surface area is 170 Å². The van der Waals surface area contributed by atoms with Gasteiger partial charge in [-0.3, -0.25) is 4.79 Å². The van der Waals surface area contributed by atoms with Gasteiger partial charge in [0, 0.05) is 0 Å². The standard InChI is InChI=1S/C19H17F2NO7S/c1-11(13-4-7-15-16(8-13)29-10-28-15)22-17(23)9-27-18(24)12-2-5-14(6-3-12)30(25,26)19(20)21/h2-8,11,19H,9-10H2,1H3,(H,22,23). The van der Waals surface area contributed by atoms with E-state index in [0.29, 0.717) is 11.5 Å². The lowest BCUT2D eigenvalue weighted by atomic mass is 10.1. The number of fused-ring (bicyclic) bond motifs is 1. The number of sulfone groups is 1. The zero-order valence-corrected chi connectivity index (χ0v) is 16.4. The largest absolute Gasteiger partial charge is 0.454 e. The molecule has 0 radical (unpaired) electrons. The van der Waals surface area contributed by atoms with Crippen LogP contribution in [-0.4, -0.2) is 39.5 Å². The minimum Gasteiger partial charge on any atom is -0.454 e. The van der Waals surface area contributed by atoms with Crippen LogP contribution in [0.25, 0.3) is 0 Å². The van der Waals surface area contributed by atoms with Gasteiger partial charge in [-0.05, 0) is 48.9 Å². The fourth-order valence-corrected chi connectivity index (χ4v) is 3.37. The molecule has 0 aliphatic carbocycles. The average Bonchev–Trinajstić information content (AvgIpc) is 3.19. The van der Waals surface area contributed by atoms with Crippen LogP contribution in [-0.2, 0) is 19.4 Å². The number of halogens is 2. The van der Waals surface area contributed by atoms with Crippen molar-refractivity contribution >= 4 is 21.7 Å². The van der Waals surface area contributed by atoms with Gasteiger partial charge in [0.1, 0.15) is 0 Å². The van der Waals surface area contributed by atoms with Crippen LogP contribution in [0.15, 0.2) is 47.4 Å². The Kier molecular flexibility index (Phi) is 6.20. The number of ether oxygens (including phenoxy) is 3. The van der Waals surface area contributed by atoms with Crippen molar-refractivity contribution in [1.82, 2.24) is 5.32 Å². The topological polar surface area (TPSA) is 108 Å². The van der Waals surface area contributed by atoms with Crippen LogP contribution < -0.4 is 14.8 Å². The average molecular weight is 441 g/mol. The lowest BCUT2D eigenvalue weighted by Gasteiger charge is -2.15. The summed E-state index contributed by atoms with van der Waals surface area (Å²) in [6.45, 7) is 1.29. The van der Waals surface area contributed by atoms with Crippen molar-refractivity contribution in [2.45, 2.75) is 23.6 Å². The predicted octanol–water partition coefficient (Wildman–Crippen LogP) is 2.45. The first-order chi connectivity index (χ1) is 14.2. The van der Waals surface area contributed by atoms with Gasteiger partial charge in [0.2, 0.25) is 16.6 Å². The molecule has 1 N–H and O–H groups in total. The second-order valence-electron chi connectivity index (χ2n) is 6.31. The third-order valence-electron chi connectivity index (χ3n) is 4.26. The molecule has 0 fully saturated rings. The van der Waals surface area contributed by atoms with E-state index in [9.17, 15) is 26.8 Å². The maximum atomic E-state index is 12.5. The van der Waals surface area contributed by atoms with Gasteiger partial charge in [-0.2, -0.15) is 8.78 Å². The first-order valence-electron chi connectivity index (χ1n) is 8.66. The highest BCUT2D eigenvalue weighted by atomic mass is 32.2. The van der Waals surface area contributed by atoms with Crippen molar-refractivity contribution in [3.05, 3.63) is 53.6 Å². The SMILES string of the molecule is CC(NC(=O)COC(=O)c1ccc(S(=O)(=O)C(F)F)cc1)c1ccc2c(c1)OCO2. The molecule has 8 nitrogen and oxygen atoms in total. The van der Waals surface area contributed by atoms with Gasteiger partial charge in [0.25, 0.3) is 5.91 Å². The highest BCUT2D eigenvalue weighted by Crippen LogP contribution is 2.34. The first-order valence-corrected chi connectivity index (χ1v) is 10.2. The fraction of sp³-hybridized carbons (Fsp3) is 0.263. The molecule has 30 heavy (non-hydrogen) atoms. The summed E-state index contributed by atoms with van der Waals surface area (Å²) in [6.07, 6.45) is 0. The molecule has 1 unspecified atom stereocenters. The lowest BCUT2D eigenvalue weighted by Crippen LogP contribution is -2.31. The summed E-state index contributed by atoms with van der Waals surface area (Å²) >= 11 is 0. The highest BCUT2D eigenvalue weighted by Gasteiger charge is 2.26. The molecule has 2 aromatic rings. The third-order valence-corrected chi connectivity index (χ3v) is 5.66. The van der Waals surface area contributed by atoms with Crippen LogP contribution in [0, 0.1) is 0 Å². The predicted molar refractivity (Wildman–Crippen MR) is 99.0 cm³/mol. The van der Waals surface area contributed by atoms with Crippen LogP contribution in [0.4, 0.5) is 8.78 Å². The van der Waals surface area contributed by atoms with Gasteiger partial charge >= 0.3 is 11.7 Å². The molecule has 160 valence electrons. The minimum absolute atomic E-state index is 0.0835. The quantitative estimate of drug-likeness (QED) is 0.658. The van der Waals surface area contributed by atoms with Crippen molar-refractivity contribution in [3.8, 4) is 11.5 Å². The molecular weight excluding hydrogens is 424 g/mol. The van der Waals surface area contributed by atoms with Crippen molar-refractivity contribution in [3.63, 3.8) is 0 Å². The van der Waals surface area contributed by atoms with Crippen molar-refractivity contribution in [2.75, 3.05) is 13.4 Å². The molecule has 0 spiro atoms. The maximum absolute atomic E-state index is 12.5. The molecule has 0 aromatic heterocycles. The lowest BCUT2D eigenvalue weighted by molar-refractivity contribution is -0.124. The summed E-state index contributed by atoms with van der Waals surface area (Å²) in [4.78, 5) is 23.4. The third kappa shape index (κ3) is 4.67. The van der Waals surface area contributed by atoms with Gasteiger partial charge in [0.05, 0.1) is 16.5 Å². The minimum atomic E-state index is -4.76. The molecule has 1 aliphatic rings. The summed E-state index contributed by atoms with van der Waals surface area (Å²) in [7, 11) is -4.76. The van der Waals surface area contributed by atoms with E-state index in [2.05, 4.69) is 5.32 Å². The summed E-state index contributed by atoms with van der Waals surface area (Å²) in [6, 6.07) is 8.63. The number of hydrogen-bond donors (Lipinski definition) is 1. The molecule has 2 aromatic carbocycles. The number of rotatable bonds is 7. The van der Waals surface area contributed by atoms with E-state index >= 15 is 0 Å². The van der Waals surface area contributed by atoms with E-state index in [1.165, 1.54) is 0 Å². The number of hydrogen-bond acceptors (Lipinski definition) is 7. The van der Waals surface area contributed by atoms with E-state index in [-0.39, 0.29) is 12.4 Å². The number of carbonyl (C=O) groups excluding carboxylic acids is 2. The van der Waals surface area contributed by atoms with Crippen LogP contribution in [0.5, 0.6) is 11.5 Å². The normalized spacial score (nSPS) is 13.7. The van der Waals surface area contributed by atoms with Gasteiger partial charge in [-0.25, -0.2) is 13.2 Å². The van der Waals surface area contributed by atoms with E-state index in [4.69, 9.17) is 14.2 Å². The van der Waals surface area contributed by atoms with Crippen LogP contribution in [0.2, 0.25) is 0 Å².